The first-order valence-electron chi connectivity index (χ1n) is 16.9. The molecule has 0 bridgehead atoms. The summed E-state index contributed by atoms with van der Waals surface area (Å²) in [5, 5.41) is 5.14. The Morgan fingerprint density at radius 1 is 0.429 bits per heavy atom. The zero-order valence-corrected chi connectivity index (χ0v) is 27.4. The number of aromatic nitrogens is 1. The second kappa shape index (κ2) is 10.1. The fourth-order valence-electron chi connectivity index (χ4n) is 8.78. The molecule has 1 aromatic heterocycles. The van der Waals surface area contributed by atoms with Crippen molar-refractivity contribution in [3.05, 3.63) is 198 Å². The normalized spacial score (nSPS) is 15.8. The van der Waals surface area contributed by atoms with Crippen LogP contribution < -0.4 is 0 Å². The van der Waals surface area contributed by atoms with E-state index in [-0.39, 0.29) is 0 Å². The molecule has 3 heterocycles. The molecule has 1 spiro atoms. The van der Waals surface area contributed by atoms with Crippen LogP contribution in [0.15, 0.2) is 186 Å². The van der Waals surface area contributed by atoms with Crippen LogP contribution in [-0.4, -0.2) is 4.57 Å². The van der Waals surface area contributed by atoms with Crippen molar-refractivity contribution >= 4 is 44.3 Å². The lowest BCUT2D eigenvalue weighted by atomic mass is 9.62. The molecule has 49 heavy (non-hydrogen) atoms. The highest BCUT2D eigenvalue weighted by molar-refractivity contribution is 7.99. The van der Waals surface area contributed by atoms with Crippen LogP contribution in [0.5, 0.6) is 0 Å². The van der Waals surface area contributed by atoms with Crippen LogP contribution in [0.4, 0.5) is 0 Å². The zero-order chi connectivity index (χ0) is 32.1. The van der Waals surface area contributed by atoms with Crippen molar-refractivity contribution in [1.82, 2.24) is 4.57 Å². The summed E-state index contributed by atoms with van der Waals surface area (Å²) >= 11 is 1.92. The van der Waals surface area contributed by atoms with Crippen molar-refractivity contribution in [2.75, 3.05) is 0 Å². The van der Waals surface area contributed by atoms with Crippen molar-refractivity contribution in [3.8, 4) is 27.9 Å². The lowest BCUT2D eigenvalue weighted by Gasteiger charge is -2.45. The third kappa shape index (κ3) is 3.62. The van der Waals surface area contributed by atoms with Crippen LogP contribution in [0, 0.1) is 0 Å². The molecule has 2 aliphatic rings. The third-order valence-corrected chi connectivity index (χ3v) is 12.1. The molecule has 1 unspecified atom stereocenters. The Balaban J connectivity index is 1.18. The summed E-state index contributed by atoms with van der Waals surface area (Å²) in [6.45, 7) is 0. The minimum atomic E-state index is -0.474. The van der Waals surface area contributed by atoms with Gasteiger partial charge in [-0.05, 0) is 79.5 Å². The quantitative estimate of drug-likeness (QED) is 0.182. The first kappa shape index (κ1) is 27.2. The predicted molar refractivity (Wildman–Crippen MR) is 205 cm³/mol. The minimum absolute atomic E-state index is 0.474. The highest BCUT2D eigenvalue weighted by atomic mass is 32.2. The van der Waals surface area contributed by atoms with Gasteiger partial charge in [-0.2, -0.15) is 0 Å². The summed E-state index contributed by atoms with van der Waals surface area (Å²) in [6.07, 6.45) is 0. The van der Waals surface area contributed by atoms with Gasteiger partial charge in [0.05, 0.1) is 22.1 Å². The van der Waals surface area contributed by atoms with Gasteiger partial charge in [0.25, 0.3) is 0 Å². The van der Waals surface area contributed by atoms with E-state index in [0.29, 0.717) is 0 Å². The van der Waals surface area contributed by atoms with Crippen molar-refractivity contribution in [2.24, 2.45) is 0 Å². The van der Waals surface area contributed by atoms with Gasteiger partial charge in [-0.1, -0.05) is 163 Å². The molecule has 0 saturated heterocycles. The van der Waals surface area contributed by atoms with Crippen molar-refractivity contribution in [2.45, 2.75) is 15.2 Å². The number of fused-ring (bicyclic) bond motifs is 12. The number of rotatable bonds is 2. The Bertz CT molecular complexity index is 2800. The van der Waals surface area contributed by atoms with E-state index in [0.717, 1.165) is 0 Å². The molecule has 0 fully saturated rings. The van der Waals surface area contributed by atoms with Gasteiger partial charge in [0, 0.05) is 20.6 Å². The number of hydrogen-bond acceptors (Lipinski definition) is 1. The Morgan fingerprint density at radius 3 is 2.00 bits per heavy atom. The molecule has 2 aliphatic heterocycles. The molecule has 0 aliphatic carbocycles. The topological polar surface area (TPSA) is 4.93 Å². The molecule has 0 saturated carbocycles. The highest BCUT2D eigenvalue weighted by Crippen LogP contribution is 2.61. The van der Waals surface area contributed by atoms with Gasteiger partial charge in [-0.25, -0.2) is 0 Å². The van der Waals surface area contributed by atoms with Gasteiger partial charge in [0.2, 0.25) is 0 Å². The fourth-order valence-corrected chi connectivity index (χ4v) is 10.1. The van der Waals surface area contributed by atoms with Gasteiger partial charge in [0.15, 0.2) is 0 Å². The summed E-state index contributed by atoms with van der Waals surface area (Å²) in [5.74, 6) is 0. The van der Waals surface area contributed by atoms with E-state index in [9.17, 15) is 0 Å². The summed E-state index contributed by atoms with van der Waals surface area (Å²) < 4.78 is 2.51. The number of benzene rings is 8. The lowest BCUT2D eigenvalue weighted by Crippen LogP contribution is -2.37. The SMILES string of the molecule is c1ccc2c(c1)Sc1c(-c3ccc(-c4ccc5ccccc5c4)cc3)cccc1C21c2ccccc2-n2c3ccccc3c3cccc1c32. The molecule has 0 radical (unpaired) electrons. The molecule has 1 atom stereocenters. The number of para-hydroxylation sites is 3. The van der Waals surface area contributed by atoms with E-state index >= 15 is 0 Å². The fraction of sp³-hybridized carbons (Fsp3) is 0.0213. The van der Waals surface area contributed by atoms with Crippen LogP contribution in [-0.2, 0) is 5.41 Å². The van der Waals surface area contributed by atoms with Crippen LogP contribution in [0.2, 0.25) is 0 Å². The van der Waals surface area contributed by atoms with Gasteiger partial charge in [-0.3, -0.25) is 0 Å². The van der Waals surface area contributed by atoms with Crippen molar-refractivity contribution in [1.29, 1.82) is 0 Å². The first-order chi connectivity index (χ1) is 24.3. The Morgan fingerprint density at radius 2 is 1.08 bits per heavy atom. The van der Waals surface area contributed by atoms with Gasteiger partial charge in [-0.15, -0.1) is 0 Å². The Hall–Kier alpha value is -5.83. The lowest BCUT2D eigenvalue weighted by molar-refractivity contribution is 0.690. The molecule has 0 amide bonds. The molecule has 228 valence electrons. The Labute approximate surface area is 289 Å². The molecular formula is C47H29NS. The van der Waals surface area contributed by atoms with Gasteiger partial charge in [0.1, 0.15) is 0 Å². The smallest absolute Gasteiger partial charge is 0.0764 e. The van der Waals surface area contributed by atoms with Crippen LogP contribution in [0.3, 0.4) is 0 Å². The second-order valence-electron chi connectivity index (χ2n) is 13.2. The minimum Gasteiger partial charge on any atom is -0.309 e. The standard InChI is InChI=1S/C47H29NS/c1-2-12-33-29-34(28-25-30(33)11-1)31-23-26-32(27-24-31)35-14-9-19-41-46(35)49-44-22-8-5-17-39(44)47(41)38-16-4-7-21-43(38)48-42-20-6-3-13-36(42)37-15-10-18-40(47)45(37)48/h1-29H. The molecule has 2 heteroatoms. The second-order valence-corrected chi connectivity index (χ2v) is 14.3. The van der Waals surface area contributed by atoms with Crippen molar-refractivity contribution in [3.63, 3.8) is 0 Å². The molecule has 11 rings (SSSR count). The number of hydrogen-bond donors (Lipinski definition) is 0. The van der Waals surface area contributed by atoms with E-state index in [1.807, 2.05) is 11.8 Å². The average molecular weight is 640 g/mol. The van der Waals surface area contributed by atoms with E-state index in [4.69, 9.17) is 0 Å². The Kier molecular flexibility index (Phi) is 5.59. The van der Waals surface area contributed by atoms with E-state index in [2.05, 4.69) is 180 Å². The highest BCUT2D eigenvalue weighted by Gasteiger charge is 2.49. The average Bonchev–Trinajstić information content (AvgIpc) is 3.51. The monoisotopic (exact) mass is 639 g/mol. The molecule has 0 N–H and O–H groups in total. The summed E-state index contributed by atoms with van der Waals surface area (Å²) in [5.41, 5.74) is 13.7. The summed E-state index contributed by atoms with van der Waals surface area (Å²) in [6, 6.07) is 65.5. The van der Waals surface area contributed by atoms with E-state index < -0.39 is 5.41 Å². The maximum Gasteiger partial charge on any atom is 0.0764 e. The number of nitrogens with zero attached hydrogens (tertiary/aromatic N) is 1. The van der Waals surface area contributed by atoms with Crippen LogP contribution >= 0.6 is 11.8 Å². The molecule has 8 aromatic carbocycles. The van der Waals surface area contributed by atoms with E-state index in [1.54, 1.807) is 0 Å². The largest absolute Gasteiger partial charge is 0.309 e. The maximum atomic E-state index is 2.51. The van der Waals surface area contributed by atoms with E-state index in [1.165, 1.54) is 92.6 Å². The van der Waals surface area contributed by atoms with Crippen molar-refractivity contribution < 1.29 is 0 Å². The van der Waals surface area contributed by atoms with Crippen LogP contribution in [0.1, 0.15) is 22.3 Å². The summed E-state index contributed by atoms with van der Waals surface area (Å²) in [7, 11) is 0. The summed E-state index contributed by atoms with van der Waals surface area (Å²) in [4.78, 5) is 2.64. The first-order valence-corrected chi connectivity index (χ1v) is 17.8. The molecular weight excluding hydrogens is 611 g/mol. The predicted octanol–water partition coefficient (Wildman–Crippen LogP) is 12.4. The zero-order valence-electron chi connectivity index (χ0n) is 26.6. The van der Waals surface area contributed by atoms with Gasteiger partial charge >= 0.3 is 0 Å². The third-order valence-electron chi connectivity index (χ3n) is 10.8. The van der Waals surface area contributed by atoms with Gasteiger partial charge < -0.3 is 4.57 Å². The maximum absolute atomic E-state index is 2.51. The van der Waals surface area contributed by atoms with Crippen LogP contribution in [0.25, 0.3) is 60.5 Å². The molecule has 1 nitrogen and oxygen atoms in total. The molecule has 9 aromatic rings.